The second-order valence-corrected chi connectivity index (χ2v) is 6.85. The van der Waals surface area contributed by atoms with Gasteiger partial charge < -0.3 is 19.9 Å². The van der Waals surface area contributed by atoms with Crippen LogP contribution >= 0.6 is 0 Å². The number of ether oxygens (including phenoxy) is 1. The van der Waals surface area contributed by atoms with E-state index in [1.165, 1.54) is 0 Å². The molecule has 0 saturated carbocycles. The number of anilines is 3. The van der Waals surface area contributed by atoms with Crippen LogP contribution in [0.15, 0.2) is 24.4 Å². The maximum atomic E-state index is 9.36. The summed E-state index contributed by atoms with van der Waals surface area (Å²) < 4.78 is 5.41. The molecule has 0 radical (unpaired) electrons. The summed E-state index contributed by atoms with van der Waals surface area (Å²) in [6.45, 7) is 6.74. The average molecular weight is 365 g/mol. The first-order valence-electron chi connectivity index (χ1n) is 9.28. The van der Waals surface area contributed by atoms with Gasteiger partial charge in [-0.2, -0.15) is 10.2 Å². The molecule has 4 rings (SSSR count). The summed E-state index contributed by atoms with van der Waals surface area (Å²) in [6, 6.07) is 8.12. The minimum absolute atomic E-state index is 0.221. The molecule has 27 heavy (non-hydrogen) atoms. The maximum Gasteiger partial charge on any atom is 0.224 e. The molecule has 8 nitrogen and oxygen atoms in total. The number of nitrogens with zero attached hydrogens (tertiary/aromatic N) is 6. The number of rotatable bonds is 4. The molecule has 0 spiro atoms. The number of hydrogen-bond acceptors (Lipinski definition) is 8. The molecule has 2 aliphatic rings. The van der Waals surface area contributed by atoms with Crippen LogP contribution in [0.25, 0.3) is 0 Å². The van der Waals surface area contributed by atoms with Crippen molar-refractivity contribution in [1.82, 2.24) is 15.0 Å². The normalized spacial score (nSPS) is 19.8. The van der Waals surface area contributed by atoms with E-state index in [1.54, 1.807) is 6.20 Å². The molecular weight excluding hydrogens is 342 g/mol. The van der Waals surface area contributed by atoms with Crippen molar-refractivity contribution in [1.29, 1.82) is 5.26 Å². The van der Waals surface area contributed by atoms with Crippen LogP contribution < -0.4 is 15.1 Å². The van der Waals surface area contributed by atoms with Crippen molar-refractivity contribution in [3.63, 3.8) is 0 Å². The van der Waals surface area contributed by atoms with Crippen molar-refractivity contribution in [2.24, 2.45) is 0 Å². The lowest BCUT2D eigenvalue weighted by molar-refractivity contribution is 0.122. The first kappa shape index (κ1) is 17.5. The molecule has 1 N–H and O–H groups in total. The van der Waals surface area contributed by atoms with Crippen LogP contribution in [0.5, 0.6) is 0 Å². The molecular formula is C19H23N7O. The van der Waals surface area contributed by atoms with Gasteiger partial charge in [-0.15, -0.1) is 0 Å². The standard InChI is InChI=1S/C19H23N7O/c1-14-2-3-15(12-20)18(22-14)26-7-5-16(13-26)23-19-21-6-4-17(24-19)25-8-10-27-11-9-25/h2-4,6,16H,5,7-11,13H2,1H3,(H,21,23,24). The molecule has 2 aliphatic heterocycles. The summed E-state index contributed by atoms with van der Waals surface area (Å²) in [4.78, 5) is 18.0. The number of hydrogen-bond donors (Lipinski definition) is 1. The second kappa shape index (κ2) is 7.76. The van der Waals surface area contributed by atoms with Crippen LogP contribution in [-0.4, -0.2) is 60.4 Å². The first-order chi connectivity index (χ1) is 13.2. The largest absolute Gasteiger partial charge is 0.378 e. The molecule has 0 bridgehead atoms. The van der Waals surface area contributed by atoms with Crippen LogP contribution in [0.3, 0.4) is 0 Å². The highest BCUT2D eigenvalue weighted by molar-refractivity contribution is 5.55. The fourth-order valence-electron chi connectivity index (χ4n) is 3.51. The van der Waals surface area contributed by atoms with Gasteiger partial charge in [0, 0.05) is 44.1 Å². The molecule has 0 aliphatic carbocycles. The Morgan fingerprint density at radius 3 is 2.81 bits per heavy atom. The van der Waals surface area contributed by atoms with E-state index in [0.29, 0.717) is 11.5 Å². The number of aryl methyl sites for hydroxylation is 1. The van der Waals surface area contributed by atoms with Gasteiger partial charge in [-0.3, -0.25) is 0 Å². The predicted molar refractivity (Wildman–Crippen MR) is 103 cm³/mol. The van der Waals surface area contributed by atoms with Crippen LogP contribution in [0.4, 0.5) is 17.6 Å². The zero-order valence-corrected chi connectivity index (χ0v) is 15.4. The Kier molecular flexibility index (Phi) is 5.03. The molecule has 4 heterocycles. The summed E-state index contributed by atoms with van der Waals surface area (Å²) in [5.74, 6) is 2.34. The van der Waals surface area contributed by atoms with Crippen LogP contribution in [0.1, 0.15) is 17.7 Å². The van der Waals surface area contributed by atoms with Crippen molar-refractivity contribution in [3.05, 3.63) is 35.7 Å². The third-order valence-electron chi connectivity index (χ3n) is 4.93. The first-order valence-corrected chi connectivity index (χ1v) is 9.28. The van der Waals surface area contributed by atoms with Crippen molar-refractivity contribution >= 4 is 17.6 Å². The van der Waals surface area contributed by atoms with Crippen molar-refractivity contribution in [3.8, 4) is 6.07 Å². The minimum atomic E-state index is 0.221. The third-order valence-corrected chi connectivity index (χ3v) is 4.93. The summed E-state index contributed by atoms with van der Waals surface area (Å²) in [7, 11) is 0. The fraction of sp³-hybridized carbons (Fsp3) is 0.474. The molecule has 0 aromatic carbocycles. The van der Waals surface area contributed by atoms with Gasteiger partial charge in [-0.25, -0.2) is 9.97 Å². The summed E-state index contributed by atoms with van der Waals surface area (Å²) in [6.07, 6.45) is 2.74. The molecule has 140 valence electrons. The van der Waals surface area contributed by atoms with Crippen molar-refractivity contribution in [2.45, 2.75) is 19.4 Å². The number of aromatic nitrogens is 3. The minimum Gasteiger partial charge on any atom is -0.378 e. The summed E-state index contributed by atoms with van der Waals surface area (Å²) >= 11 is 0. The molecule has 0 amide bonds. The van der Waals surface area contributed by atoms with E-state index < -0.39 is 0 Å². The monoisotopic (exact) mass is 365 g/mol. The zero-order valence-electron chi connectivity index (χ0n) is 15.4. The molecule has 2 fully saturated rings. The molecule has 1 atom stereocenters. The van der Waals surface area contributed by atoms with Gasteiger partial charge in [0.2, 0.25) is 5.95 Å². The number of morpholine rings is 1. The van der Waals surface area contributed by atoms with E-state index in [9.17, 15) is 5.26 Å². The Labute approximate surface area is 158 Å². The SMILES string of the molecule is Cc1ccc(C#N)c(N2CCC(Nc3nccc(N4CCOCC4)n3)C2)n1. The Hall–Kier alpha value is -2.92. The third kappa shape index (κ3) is 3.93. The van der Waals surface area contributed by atoms with Crippen LogP contribution in [-0.2, 0) is 4.74 Å². The predicted octanol–water partition coefficient (Wildman–Crippen LogP) is 1.58. The van der Waals surface area contributed by atoms with Gasteiger partial charge in [0.1, 0.15) is 17.7 Å². The lowest BCUT2D eigenvalue weighted by atomic mass is 10.2. The Bertz CT molecular complexity index is 844. The van der Waals surface area contributed by atoms with E-state index >= 15 is 0 Å². The van der Waals surface area contributed by atoms with E-state index in [0.717, 1.165) is 63.1 Å². The highest BCUT2D eigenvalue weighted by Gasteiger charge is 2.26. The number of pyridine rings is 1. The maximum absolute atomic E-state index is 9.36. The zero-order chi connectivity index (χ0) is 18.6. The highest BCUT2D eigenvalue weighted by Crippen LogP contribution is 2.24. The van der Waals surface area contributed by atoms with Crippen molar-refractivity contribution < 1.29 is 4.74 Å². The quantitative estimate of drug-likeness (QED) is 0.873. The van der Waals surface area contributed by atoms with E-state index in [4.69, 9.17) is 4.74 Å². The lowest BCUT2D eigenvalue weighted by Gasteiger charge is -2.28. The van der Waals surface area contributed by atoms with E-state index in [-0.39, 0.29) is 6.04 Å². The van der Waals surface area contributed by atoms with Gasteiger partial charge >= 0.3 is 0 Å². The number of nitriles is 1. The van der Waals surface area contributed by atoms with Gasteiger partial charge in [0.15, 0.2) is 0 Å². The van der Waals surface area contributed by atoms with Gasteiger partial charge in [0.05, 0.1) is 18.8 Å². The summed E-state index contributed by atoms with van der Waals surface area (Å²) in [5.41, 5.74) is 1.54. The molecule has 2 aromatic heterocycles. The Morgan fingerprint density at radius 2 is 2.00 bits per heavy atom. The second-order valence-electron chi connectivity index (χ2n) is 6.85. The van der Waals surface area contributed by atoms with Crippen LogP contribution in [0, 0.1) is 18.3 Å². The average Bonchev–Trinajstić information content (AvgIpc) is 3.17. The van der Waals surface area contributed by atoms with Gasteiger partial charge in [0.25, 0.3) is 0 Å². The Morgan fingerprint density at radius 1 is 1.15 bits per heavy atom. The molecule has 8 heteroatoms. The molecule has 1 unspecified atom stereocenters. The van der Waals surface area contributed by atoms with Gasteiger partial charge in [-0.05, 0) is 31.5 Å². The van der Waals surface area contributed by atoms with E-state index in [2.05, 4.69) is 36.1 Å². The molecule has 2 aromatic rings. The summed E-state index contributed by atoms with van der Waals surface area (Å²) in [5, 5.41) is 12.8. The van der Waals surface area contributed by atoms with Gasteiger partial charge in [-0.1, -0.05) is 0 Å². The fourth-order valence-corrected chi connectivity index (χ4v) is 3.51. The Balaban J connectivity index is 1.43. The lowest BCUT2D eigenvalue weighted by Crippen LogP contribution is -2.37. The van der Waals surface area contributed by atoms with Crippen LogP contribution in [0.2, 0.25) is 0 Å². The molecule has 2 saturated heterocycles. The highest BCUT2D eigenvalue weighted by atomic mass is 16.5. The topological polar surface area (TPSA) is 90.2 Å². The smallest absolute Gasteiger partial charge is 0.224 e. The number of nitrogens with one attached hydrogen (secondary N) is 1. The van der Waals surface area contributed by atoms with E-state index in [1.807, 2.05) is 25.1 Å². The van der Waals surface area contributed by atoms with Crippen molar-refractivity contribution in [2.75, 3.05) is 54.5 Å².